The lowest BCUT2D eigenvalue weighted by molar-refractivity contribution is 0.184. The summed E-state index contributed by atoms with van der Waals surface area (Å²) in [6.45, 7) is 2.18. The molecule has 2 aromatic rings. The highest BCUT2D eigenvalue weighted by Crippen LogP contribution is 2.23. The molecule has 0 spiro atoms. The monoisotopic (exact) mass is 340 g/mol. The van der Waals surface area contributed by atoms with Gasteiger partial charge in [0.2, 0.25) is 0 Å². The Morgan fingerprint density at radius 2 is 2.04 bits per heavy atom. The summed E-state index contributed by atoms with van der Waals surface area (Å²) in [6.07, 6.45) is 1.59. The Morgan fingerprint density at radius 3 is 2.68 bits per heavy atom. The van der Waals surface area contributed by atoms with Crippen LogP contribution in [0.2, 0.25) is 0 Å². The van der Waals surface area contributed by atoms with E-state index in [9.17, 15) is 5.26 Å². The van der Waals surface area contributed by atoms with Gasteiger partial charge in [-0.2, -0.15) is 10.4 Å². The van der Waals surface area contributed by atoms with Crippen molar-refractivity contribution in [1.82, 2.24) is 4.98 Å². The minimum absolute atomic E-state index is 0.328. The van der Waals surface area contributed by atoms with Crippen LogP contribution < -0.4 is 14.9 Å². The van der Waals surface area contributed by atoms with Gasteiger partial charge in [-0.05, 0) is 31.2 Å². The molecule has 0 aliphatic rings. The maximum atomic E-state index is 9.41. The summed E-state index contributed by atoms with van der Waals surface area (Å²) in [7, 11) is 4.75. The van der Waals surface area contributed by atoms with Gasteiger partial charge in [0.15, 0.2) is 5.82 Å². The van der Waals surface area contributed by atoms with Crippen LogP contribution in [0.15, 0.2) is 29.4 Å². The predicted molar refractivity (Wildman–Crippen MR) is 95.2 cm³/mol. The molecular weight excluding hydrogens is 320 g/mol. The lowest BCUT2D eigenvalue weighted by Gasteiger charge is -2.10. The van der Waals surface area contributed by atoms with Gasteiger partial charge in [-0.1, -0.05) is 0 Å². The molecule has 0 radical (unpaired) electrons. The maximum absolute atomic E-state index is 9.41. The number of ether oxygens (including phenoxy) is 3. The number of methoxy groups -OCH3 is 3. The fourth-order valence-electron chi connectivity index (χ4n) is 2.32. The molecule has 0 amide bonds. The molecule has 1 heterocycles. The van der Waals surface area contributed by atoms with Crippen LogP contribution in [0.1, 0.15) is 22.4 Å². The fourth-order valence-corrected chi connectivity index (χ4v) is 2.32. The van der Waals surface area contributed by atoms with Gasteiger partial charge in [0, 0.05) is 23.9 Å². The lowest BCUT2D eigenvalue weighted by Crippen LogP contribution is -2.03. The van der Waals surface area contributed by atoms with E-state index in [0.29, 0.717) is 29.5 Å². The summed E-state index contributed by atoms with van der Waals surface area (Å²) < 4.78 is 15.6. The Balaban J connectivity index is 2.30. The van der Waals surface area contributed by atoms with Crippen molar-refractivity contribution >= 4 is 12.0 Å². The van der Waals surface area contributed by atoms with Crippen LogP contribution in [-0.4, -0.2) is 32.5 Å². The highest BCUT2D eigenvalue weighted by atomic mass is 16.5. The Hall–Kier alpha value is -3.11. The van der Waals surface area contributed by atoms with Crippen LogP contribution in [0.5, 0.6) is 11.5 Å². The Bertz CT molecular complexity index is 813. The maximum Gasteiger partial charge on any atom is 0.164 e. The number of nitrogens with one attached hydrogen (secondary N) is 1. The van der Waals surface area contributed by atoms with E-state index in [2.05, 4.69) is 21.6 Å². The van der Waals surface area contributed by atoms with Crippen molar-refractivity contribution in [3.8, 4) is 17.6 Å². The van der Waals surface area contributed by atoms with E-state index in [4.69, 9.17) is 14.2 Å². The number of hydrazone groups is 1. The van der Waals surface area contributed by atoms with Crippen LogP contribution in [0.3, 0.4) is 0 Å². The number of nitriles is 1. The topological polar surface area (TPSA) is 88.8 Å². The normalized spacial score (nSPS) is 10.5. The molecule has 25 heavy (non-hydrogen) atoms. The van der Waals surface area contributed by atoms with Crippen molar-refractivity contribution < 1.29 is 14.2 Å². The van der Waals surface area contributed by atoms with E-state index in [0.717, 1.165) is 16.8 Å². The van der Waals surface area contributed by atoms with Crippen LogP contribution in [0, 0.1) is 18.3 Å². The minimum Gasteiger partial charge on any atom is -0.497 e. The van der Waals surface area contributed by atoms with E-state index >= 15 is 0 Å². The molecule has 7 nitrogen and oxygen atoms in total. The standard InChI is InChI=1S/C18H20N4O3/c1-12-7-14(11-23-2)16(9-19)18(21-12)22-20-10-13-8-15(24-3)5-6-17(13)25-4/h5-8,10H,11H2,1-4H3,(H,21,22). The second kappa shape index (κ2) is 8.66. The van der Waals surface area contributed by atoms with Crippen LogP contribution in [-0.2, 0) is 11.3 Å². The number of rotatable bonds is 7. The Morgan fingerprint density at radius 1 is 1.24 bits per heavy atom. The predicted octanol–water partition coefficient (Wildman–Crippen LogP) is 2.87. The zero-order valence-corrected chi connectivity index (χ0v) is 14.7. The van der Waals surface area contributed by atoms with Crippen LogP contribution in [0.4, 0.5) is 5.82 Å². The molecule has 0 saturated heterocycles. The van der Waals surface area contributed by atoms with Gasteiger partial charge in [0.25, 0.3) is 0 Å². The quantitative estimate of drug-likeness (QED) is 0.616. The molecular formula is C18H20N4O3. The number of aromatic nitrogens is 1. The van der Waals surface area contributed by atoms with Gasteiger partial charge < -0.3 is 14.2 Å². The summed E-state index contributed by atoms with van der Waals surface area (Å²) >= 11 is 0. The van der Waals surface area contributed by atoms with E-state index in [1.54, 1.807) is 45.7 Å². The zero-order valence-electron chi connectivity index (χ0n) is 14.7. The first-order chi connectivity index (χ1) is 12.1. The van der Waals surface area contributed by atoms with Crippen LogP contribution >= 0.6 is 0 Å². The highest BCUT2D eigenvalue weighted by Gasteiger charge is 2.11. The van der Waals surface area contributed by atoms with Gasteiger partial charge in [0.05, 0.1) is 27.0 Å². The number of benzene rings is 1. The molecule has 0 unspecified atom stereocenters. The van der Waals surface area contributed by atoms with Gasteiger partial charge in [-0.25, -0.2) is 4.98 Å². The van der Waals surface area contributed by atoms with Crippen molar-refractivity contribution in [2.45, 2.75) is 13.5 Å². The highest BCUT2D eigenvalue weighted by molar-refractivity contribution is 5.84. The Kier molecular flexibility index (Phi) is 6.32. The molecule has 0 aliphatic heterocycles. The lowest BCUT2D eigenvalue weighted by atomic mass is 10.1. The molecule has 1 N–H and O–H groups in total. The van der Waals surface area contributed by atoms with Crippen molar-refractivity contribution in [2.75, 3.05) is 26.8 Å². The number of hydrogen-bond acceptors (Lipinski definition) is 7. The third-order valence-electron chi connectivity index (χ3n) is 3.45. The molecule has 0 bridgehead atoms. The molecule has 2 rings (SSSR count). The van der Waals surface area contributed by atoms with Crippen molar-refractivity contribution in [2.24, 2.45) is 5.10 Å². The second-order valence-corrected chi connectivity index (χ2v) is 5.17. The number of hydrogen-bond donors (Lipinski definition) is 1. The summed E-state index contributed by atoms with van der Waals surface area (Å²) in [5.41, 5.74) is 5.49. The zero-order chi connectivity index (χ0) is 18.2. The number of nitrogens with zero attached hydrogens (tertiary/aromatic N) is 3. The molecule has 0 aliphatic carbocycles. The molecule has 7 heteroatoms. The molecule has 130 valence electrons. The summed E-state index contributed by atoms with van der Waals surface area (Å²) in [5, 5.41) is 13.6. The largest absolute Gasteiger partial charge is 0.497 e. The molecule has 1 aromatic heterocycles. The van der Waals surface area contributed by atoms with E-state index in [1.165, 1.54) is 0 Å². The number of pyridine rings is 1. The average molecular weight is 340 g/mol. The SMILES string of the molecule is COCc1cc(C)nc(NN=Cc2cc(OC)ccc2OC)c1C#N. The van der Waals surface area contributed by atoms with Crippen molar-refractivity contribution in [3.63, 3.8) is 0 Å². The Labute approximate surface area is 146 Å². The summed E-state index contributed by atoms with van der Waals surface area (Å²) in [4.78, 5) is 4.34. The first-order valence-electron chi connectivity index (χ1n) is 7.53. The smallest absolute Gasteiger partial charge is 0.164 e. The number of aryl methyl sites for hydroxylation is 1. The van der Waals surface area contributed by atoms with Crippen molar-refractivity contribution in [3.05, 3.63) is 46.6 Å². The van der Waals surface area contributed by atoms with E-state index < -0.39 is 0 Å². The third-order valence-corrected chi connectivity index (χ3v) is 3.45. The molecule has 0 saturated carbocycles. The summed E-state index contributed by atoms with van der Waals surface area (Å²) in [5.74, 6) is 1.73. The average Bonchev–Trinajstić information content (AvgIpc) is 2.61. The van der Waals surface area contributed by atoms with Crippen LogP contribution in [0.25, 0.3) is 0 Å². The minimum atomic E-state index is 0.328. The number of anilines is 1. The van der Waals surface area contributed by atoms with E-state index in [-0.39, 0.29) is 0 Å². The molecule has 1 aromatic carbocycles. The van der Waals surface area contributed by atoms with Gasteiger partial charge in [-0.3, -0.25) is 5.43 Å². The fraction of sp³-hybridized carbons (Fsp3) is 0.278. The second-order valence-electron chi connectivity index (χ2n) is 5.17. The van der Waals surface area contributed by atoms with Gasteiger partial charge in [0.1, 0.15) is 23.1 Å². The first-order valence-corrected chi connectivity index (χ1v) is 7.53. The first kappa shape index (κ1) is 18.2. The van der Waals surface area contributed by atoms with Gasteiger partial charge in [-0.15, -0.1) is 0 Å². The molecule has 0 atom stereocenters. The van der Waals surface area contributed by atoms with Crippen molar-refractivity contribution in [1.29, 1.82) is 5.26 Å². The summed E-state index contributed by atoms with van der Waals surface area (Å²) in [6, 6.07) is 9.36. The third kappa shape index (κ3) is 4.46. The molecule has 0 fully saturated rings. The van der Waals surface area contributed by atoms with Gasteiger partial charge >= 0.3 is 0 Å². The van der Waals surface area contributed by atoms with E-state index in [1.807, 2.05) is 13.0 Å².